The lowest BCUT2D eigenvalue weighted by Crippen LogP contribution is -2.13. The van der Waals surface area contributed by atoms with Gasteiger partial charge in [0.15, 0.2) is 0 Å². The summed E-state index contributed by atoms with van der Waals surface area (Å²) in [5.74, 6) is -0.0973. The number of aryl methyl sites for hydroxylation is 3. The number of benzene rings is 2. The summed E-state index contributed by atoms with van der Waals surface area (Å²) in [5.41, 5.74) is 11.5. The molecule has 2 rings (SSSR count). The molecule has 0 radical (unpaired) electrons. The first kappa shape index (κ1) is 14.3. The SMILES string of the molecule is Cc1cc(C)c(NC(=O)c2ccc(CN)cc2)cc1C. The minimum absolute atomic E-state index is 0.0973. The van der Waals surface area contributed by atoms with E-state index in [4.69, 9.17) is 5.73 Å². The number of carbonyl (C=O) groups excluding carboxylic acids is 1. The highest BCUT2D eigenvalue weighted by Gasteiger charge is 2.08. The maximum absolute atomic E-state index is 12.2. The molecule has 0 saturated carbocycles. The van der Waals surface area contributed by atoms with Gasteiger partial charge < -0.3 is 11.1 Å². The number of rotatable bonds is 3. The molecule has 0 spiro atoms. The predicted molar refractivity (Wildman–Crippen MR) is 82.9 cm³/mol. The Morgan fingerprint density at radius 2 is 1.60 bits per heavy atom. The van der Waals surface area contributed by atoms with Crippen LogP contribution in [0.3, 0.4) is 0 Å². The fraction of sp³-hybridized carbons (Fsp3) is 0.235. The first-order valence-electron chi connectivity index (χ1n) is 6.69. The smallest absolute Gasteiger partial charge is 0.255 e. The van der Waals surface area contributed by atoms with Crippen LogP contribution in [0.25, 0.3) is 0 Å². The molecule has 20 heavy (non-hydrogen) atoms. The maximum Gasteiger partial charge on any atom is 0.255 e. The fourth-order valence-corrected chi connectivity index (χ4v) is 2.08. The number of hydrogen-bond donors (Lipinski definition) is 2. The van der Waals surface area contributed by atoms with E-state index in [1.165, 1.54) is 11.1 Å². The standard InChI is InChI=1S/C17H20N2O/c1-11-8-13(3)16(9-12(11)2)19-17(20)15-6-4-14(10-18)5-7-15/h4-9H,10,18H2,1-3H3,(H,19,20). The summed E-state index contributed by atoms with van der Waals surface area (Å²) in [6.07, 6.45) is 0. The third-order valence-electron chi connectivity index (χ3n) is 3.54. The van der Waals surface area contributed by atoms with Gasteiger partial charge in [-0.2, -0.15) is 0 Å². The monoisotopic (exact) mass is 268 g/mol. The van der Waals surface area contributed by atoms with Gasteiger partial charge in [-0.05, 0) is 61.2 Å². The highest BCUT2D eigenvalue weighted by atomic mass is 16.1. The second-order valence-corrected chi connectivity index (χ2v) is 5.11. The Labute approximate surface area is 119 Å². The molecule has 0 atom stereocenters. The van der Waals surface area contributed by atoms with Gasteiger partial charge in [-0.15, -0.1) is 0 Å². The first-order valence-corrected chi connectivity index (χ1v) is 6.69. The molecule has 0 aliphatic rings. The Morgan fingerprint density at radius 3 is 2.20 bits per heavy atom. The van der Waals surface area contributed by atoms with Crippen molar-refractivity contribution in [1.82, 2.24) is 0 Å². The minimum atomic E-state index is -0.0973. The Hall–Kier alpha value is -2.13. The van der Waals surface area contributed by atoms with Crippen LogP contribution >= 0.6 is 0 Å². The van der Waals surface area contributed by atoms with Gasteiger partial charge >= 0.3 is 0 Å². The van der Waals surface area contributed by atoms with Crippen LogP contribution in [0.5, 0.6) is 0 Å². The molecule has 0 fully saturated rings. The minimum Gasteiger partial charge on any atom is -0.326 e. The van der Waals surface area contributed by atoms with Crippen molar-refractivity contribution in [2.75, 3.05) is 5.32 Å². The molecule has 2 aromatic rings. The van der Waals surface area contributed by atoms with Crippen molar-refractivity contribution in [1.29, 1.82) is 0 Å². The molecule has 3 heteroatoms. The molecule has 0 bridgehead atoms. The van der Waals surface area contributed by atoms with Gasteiger partial charge in [0, 0.05) is 17.8 Å². The van der Waals surface area contributed by atoms with Crippen LogP contribution in [0.2, 0.25) is 0 Å². The van der Waals surface area contributed by atoms with Crippen LogP contribution in [-0.2, 0) is 6.54 Å². The highest BCUT2D eigenvalue weighted by molar-refractivity contribution is 6.04. The van der Waals surface area contributed by atoms with Crippen LogP contribution in [0.4, 0.5) is 5.69 Å². The van der Waals surface area contributed by atoms with Crippen LogP contribution in [0, 0.1) is 20.8 Å². The van der Waals surface area contributed by atoms with E-state index in [1.807, 2.05) is 32.0 Å². The van der Waals surface area contributed by atoms with Gasteiger partial charge in [-0.1, -0.05) is 18.2 Å². The Morgan fingerprint density at radius 1 is 1.00 bits per heavy atom. The predicted octanol–water partition coefficient (Wildman–Crippen LogP) is 3.32. The Kier molecular flexibility index (Phi) is 4.20. The normalized spacial score (nSPS) is 10.4. The number of anilines is 1. The summed E-state index contributed by atoms with van der Waals surface area (Å²) in [7, 11) is 0. The van der Waals surface area contributed by atoms with Crippen molar-refractivity contribution in [3.63, 3.8) is 0 Å². The number of hydrogen-bond acceptors (Lipinski definition) is 2. The zero-order valence-corrected chi connectivity index (χ0v) is 12.2. The molecule has 2 aromatic carbocycles. The summed E-state index contributed by atoms with van der Waals surface area (Å²) in [4.78, 5) is 12.2. The average Bonchev–Trinajstić information content (AvgIpc) is 2.44. The van der Waals surface area contributed by atoms with Crippen molar-refractivity contribution >= 4 is 11.6 Å². The van der Waals surface area contributed by atoms with E-state index in [-0.39, 0.29) is 5.91 Å². The molecular formula is C17H20N2O. The Bertz CT molecular complexity index is 630. The molecule has 0 aliphatic carbocycles. The second-order valence-electron chi connectivity index (χ2n) is 5.11. The van der Waals surface area contributed by atoms with Gasteiger partial charge in [0.05, 0.1) is 0 Å². The third-order valence-corrected chi connectivity index (χ3v) is 3.54. The molecule has 3 N–H and O–H groups in total. The number of carbonyl (C=O) groups is 1. The lowest BCUT2D eigenvalue weighted by molar-refractivity contribution is 0.102. The molecule has 1 amide bonds. The summed E-state index contributed by atoms with van der Waals surface area (Å²) in [5, 5.41) is 2.96. The molecule has 0 heterocycles. The summed E-state index contributed by atoms with van der Waals surface area (Å²) < 4.78 is 0. The number of amides is 1. The molecule has 0 saturated heterocycles. The summed E-state index contributed by atoms with van der Waals surface area (Å²) in [6, 6.07) is 11.4. The third kappa shape index (κ3) is 3.06. The van der Waals surface area contributed by atoms with Crippen LogP contribution in [0.15, 0.2) is 36.4 Å². The van der Waals surface area contributed by atoms with Crippen molar-refractivity contribution in [2.24, 2.45) is 5.73 Å². The summed E-state index contributed by atoms with van der Waals surface area (Å²) >= 11 is 0. The zero-order valence-electron chi connectivity index (χ0n) is 12.2. The largest absolute Gasteiger partial charge is 0.326 e. The van der Waals surface area contributed by atoms with E-state index in [0.29, 0.717) is 12.1 Å². The van der Waals surface area contributed by atoms with Gasteiger partial charge in [-0.25, -0.2) is 0 Å². The Balaban J connectivity index is 2.20. The van der Waals surface area contributed by atoms with Gasteiger partial charge in [0.25, 0.3) is 5.91 Å². The van der Waals surface area contributed by atoms with E-state index in [9.17, 15) is 4.79 Å². The quantitative estimate of drug-likeness (QED) is 0.897. The molecule has 3 nitrogen and oxygen atoms in total. The van der Waals surface area contributed by atoms with Gasteiger partial charge in [0.1, 0.15) is 0 Å². The first-order chi connectivity index (χ1) is 9.51. The molecule has 104 valence electrons. The van der Waals surface area contributed by atoms with Crippen LogP contribution < -0.4 is 11.1 Å². The van der Waals surface area contributed by atoms with Crippen molar-refractivity contribution in [3.05, 3.63) is 64.2 Å². The lowest BCUT2D eigenvalue weighted by Gasteiger charge is -2.11. The number of nitrogens with two attached hydrogens (primary N) is 1. The topological polar surface area (TPSA) is 55.1 Å². The fourth-order valence-electron chi connectivity index (χ4n) is 2.08. The molecule has 0 unspecified atom stereocenters. The van der Waals surface area contributed by atoms with E-state index < -0.39 is 0 Å². The van der Waals surface area contributed by atoms with Crippen LogP contribution in [0.1, 0.15) is 32.6 Å². The van der Waals surface area contributed by atoms with E-state index in [1.54, 1.807) is 12.1 Å². The number of nitrogens with one attached hydrogen (secondary N) is 1. The van der Waals surface area contributed by atoms with Gasteiger partial charge in [0.2, 0.25) is 0 Å². The zero-order chi connectivity index (χ0) is 14.7. The summed E-state index contributed by atoms with van der Waals surface area (Å²) in [6.45, 7) is 6.59. The highest BCUT2D eigenvalue weighted by Crippen LogP contribution is 2.20. The molecule has 0 aliphatic heterocycles. The van der Waals surface area contributed by atoms with Crippen molar-refractivity contribution in [2.45, 2.75) is 27.3 Å². The average molecular weight is 268 g/mol. The molecular weight excluding hydrogens is 248 g/mol. The van der Waals surface area contributed by atoms with E-state index >= 15 is 0 Å². The van der Waals surface area contributed by atoms with E-state index in [2.05, 4.69) is 18.3 Å². The van der Waals surface area contributed by atoms with Crippen molar-refractivity contribution in [3.8, 4) is 0 Å². The second kappa shape index (κ2) is 5.88. The lowest BCUT2D eigenvalue weighted by atomic mass is 10.0. The van der Waals surface area contributed by atoms with Gasteiger partial charge in [-0.3, -0.25) is 4.79 Å². The van der Waals surface area contributed by atoms with Crippen LogP contribution in [-0.4, -0.2) is 5.91 Å². The van der Waals surface area contributed by atoms with Crippen molar-refractivity contribution < 1.29 is 4.79 Å². The maximum atomic E-state index is 12.2. The van der Waals surface area contributed by atoms with E-state index in [0.717, 1.165) is 16.8 Å². The molecule has 0 aromatic heterocycles.